The van der Waals surface area contributed by atoms with Crippen molar-refractivity contribution in [2.75, 3.05) is 28.4 Å². The predicted octanol–water partition coefficient (Wildman–Crippen LogP) is 2.76. The Morgan fingerprint density at radius 3 is 2.14 bits per heavy atom. The third-order valence-electron chi connectivity index (χ3n) is 4.30. The summed E-state index contributed by atoms with van der Waals surface area (Å²) in [5, 5.41) is 3.60. The molecule has 0 unspecified atom stereocenters. The molecule has 0 saturated heterocycles. The van der Waals surface area contributed by atoms with E-state index in [1.165, 1.54) is 12.8 Å². The molecule has 1 fully saturated rings. The zero-order valence-electron chi connectivity index (χ0n) is 14.0. The van der Waals surface area contributed by atoms with Crippen molar-refractivity contribution in [3.05, 3.63) is 17.7 Å². The Morgan fingerprint density at radius 2 is 1.59 bits per heavy atom. The van der Waals surface area contributed by atoms with Crippen molar-refractivity contribution < 1.29 is 18.9 Å². The molecular weight excluding hydrogens is 282 g/mol. The zero-order valence-corrected chi connectivity index (χ0v) is 14.0. The van der Waals surface area contributed by atoms with Crippen molar-refractivity contribution in [2.24, 2.45) is 0 Å². The third kappa shape index (κ3) is 3.84. The monoisotopic (exact) mass is 309 g/mol. The largest absolute Gasteiger partial charge is 0.493 e. The van der Waals surface area contributed by atoms with Gasteiger partial charge in [-0.1, -0.05) is 12.8 Å². The van der Waals surface area contributed by atoms with Gasteiger partial charge in [0, 0.05) is 19.7 Å². The second kappa shape index (κ2) is 8.25. The standard InChI is InChI=1S/C17H27NO4/c1-19-14-8-6-5-7-13(14)18-11-12-9-15(20-2)17(22-4)16(10-12)21-3/h9-10,13-14,18H,5-8,11H2,1-4H3/t13-,14-/m0/s1. The minimum absolute atomic E-state index is 0.302. The fourth-order valence-electron chi connectivity index (χ4n) is 3.10. The van der Waals surface area contributed by atoms with Gasteiger partial charge in [-0.2, -0.15) is 0 Å². The van der Waals surface area contributed by atoms with Gasteiger partial charge in [0.1, 0.15) is 0 Å². The summed E-state index contributed by atoms with van der Waals surface area (Å²) in [5.41, 5.74) is 1.11. The van der Waals surface area contributed by atoms with Crippen LogP contribution in [0.5, 0.6) is 17.2 Å². The first kappa shape index (κ1) is 16.9. The summed E-state index contributed by atoms with van der Waals surface area (Å²) in [7, 11) is 6.68. The van der Waals surface area contributed by atoms with Crippen molar-refractivity contribution in [3.63, 3.8) is 0 Å². The maximum atomic E-state index is 5.59. The second-order valence-electron chi connectivity index (χ2n) is 5.58. The molecular formula is C17H27NO4. The van der Waals surface area contributed by atoms with Crippen LogP contribution in [0.2, 0.25) is 0 Å². The van der Waals surface area contributed by atoms with Crippen LogP contribution in [0.3, 0.4) is 0 Å². The summed E-state index contributed by atoms with van der Waals surface area (Å²) in [6, 6.07) is 4.37. The first-order valence-corrected chi connectivity index (χ1v) is 7.78. The Morgan fingerprint density at radius 1 is 0.955 bits per heavy atom. The van der Waals surface area contributed by atoms with E-state index < -0.39 is 0 Å². The Kier molecular flexibility index (Phi) is 6.34. The molecule has 0 aromatic heterocycles. The molecule has 1 aromatic rings. The number of ether oxygens (including phenoxy) is 4. The molecule has 0 spiro atoms. The van der Waals surface area contributed by atoms with E-state index in [2.05, 4.69) is 5.32 Å². The molecule has 1 aliphatic rings. The summed E-state index contributed by atoms with van der Waals surface area (Å²) >= 11 is 0. The molecule has 1 aliphatic carbocycles. The highest BCUT2D eigenvalue weighted by Crippen LogP contribution is 2.38. The first-order valence-electron chi connectivity index (χ1n) is 7.78. The van der Waals surface area contributed by atoms with E-state index in [1.807, 2.05) is 12.1 Å². The second-order valence-corrected chi connectivity index (χ2v) is 5.58. The Bertz CT molecular complexity index is 453. The van der Waals surface area contributed by atoms with Gasteiger partial charge in [0.15, 0.2) is 11.5 Å². The van der Waals surface area contributed by atoms with Gasteiger partial charge >= 0.3 is 0 Å². The molecule has 1 saturated carbocycles. The highest BCUT2D eigenvalue weighted by molar-refractivity contribution is 5.53. The molecule has 2 rings (SSSR count). The van der Waals surface area contributed by atoms with Gasteiger partial charge < -0.3 is 24.3 Å². The Balaban J connectivity index is 2.09. The lowest BCUT2D eigenvalue weighted by molar-refractivity contribution is 0.0413. The summed E-state index contributed by atoms with van der Waals surface area (Å²) in [4.78, 5) is 0. The van der Waals surface area contributed by atoms with Gasteiger partial charge in [0.05, 0.1) is 27.4 Å². The number of hydrogen-bond acceptors (Lipinski definition) is 5. The van der Waals surface area contributed by atoms with E-state index >= 15 is 0 Å². The van der Waals surface area contributed by atoms with Crippen molar-refractivity contribution in [1.82, 2.24) is 5.32 Å². The topological polar surface area (TPSA) is 49.0 Å². The summed E-state index contributed by atoms with van der Waals surface area (Å²) in [5.74, 6) is 2.00. The molecule has 1 N–H and O–H groups in total. The number of hydrogen-bond donors (Lipinski definition) is 1. The van der Waals surface area contributed by atoms with Crippen molar-refractivity contribution in [1.29, 1.82) is 0 Å². The Hall–Kier alpha value is -1.46. The number of rotatable bonds is 7. The third-order valence-corrected chi connectivity index (χ3v) is 4.30. The van der Waals surface area contributed by atoms with Crippen LogP contribution in [0.15, 0.2) is 12.1 Å². The predicted molar refractivity (Wildman–Crippen MR) is 86.0 cm³/mol. The van der Waals surface area contributed by atoms with E-state index in [0.717, 1.165) is 24.9 Å². The molecule has 0 radical (unpaired) electrons. The molecule has 124 valence electrons. The highest BCUT2D eigenvalue weighted by Gasteiger charge is 2.24. The average molecular weight is 309 g/mol. The van der Waals surface area contributed by atoms with E-state index in [1.54, 1.807) is 28.4 Å². The van der Waals surface area contributed by atoms with Gasteiger partial charge in [-0.05, 0) is 30.5 Å². The van der Waals surface area contributed by atoms with Gasteiger partial charge in [-0.3, -0.25) is 0 Å². The van der Waals surface area contributed by atoms with Gasteiger partial charge in [-0.25, -0.2) is 0 Å². The van der Waals surface area contributed by atoms with Crippen molar-refractivity contribution in [3.8, 4) is 17.2 Å². The number of nitrogens with one attached hydrogen (secondary N) is 1. The summed E-state index contributed by atoms with van der Waals surface area (Å²) < 4.78 is 21.7. The molecule has 5 heteroatoms. The Labute approximate surface area is 132 Å². The number of benzene rings is 1. The molecule has 2 atom stereocenters. The first-order chi connectivity index (χ1) is 10.7. The quantitative estimate of drug-likeness (QED) is 0.839. The normalized spacial score (nSPS) is 21.5. The van der Waals surface area contributed by atoms with Crippen molar-refractivity contribution >= 4 is 0 Å². The van der Waals surface area contributed by atoms with Gasteiger partial charge in [0.2, 0.25) is 5.75 Å². The molecule has 0 bridgehead atoms. The zero-order chi connectivity index (χ0) is 15.9. The van der Waals surface area contributed by atoms with E-state index in [4.69, 9.17) is 18.9 Å². The smallest absolute Gasteiger partial charge is 0.203 e. The fourth-order valence-corrected chi connectivity index (χ4v) is 3.10. The van der Waals surface area contributed by atoms with E-state index in [-0.39, 0.29) is 0 Å². The molecule has 0 heterocycles. The molecule has 1 aromatic carbocycles. The lowest BCUT2D eigenvalue weighted by atomic mass is 9.92. The van der Waals surface area contributed by atoms with Crippen LogP contribution < -0.4 is 19.5 Å². The minimum atomic E-state index is 0.302. The van der Waals surface area contributed by atoms with Crippen LogP contribution in [-0.4, -0.2) is 40.6 Å². The van der Waals surface area contributed by atoms with Crippen LogP contribution in [0.1, 0.15) is 31.2 Å². The molecule has 5 nitrogen and oxygen atoms in total. The van der Waals surface area contributed by atoms with Crippen molar-refractivity contribution in [2.45, 2.75) is 44.4 Å². The lowest BCUT2D eigenvalue weighted by Gasteiger charge is -2.31. The SMILES string of the molecule is COc1cc(CN[C@H]2CCCC[C@@H]2OC)cc(OC)c1OC. The maximum absolute atomic E-state index is 5.59. The molecule has 0 aliphatic heterocycles. The van der Waals surface area contributed by atoms with Gasteiger partial charge in [0.25, 0.3) is 0 Å². The summed E-state index contributed by atoms with van der Waals surface area (Å²) in [6.07, 6.45) is 5.09. The van der Waals surface area contributed by atoms with Crippen LogP contribution in [0, 0.1) is 0 Å². The summed E-state index contributed by atoms with van der Waals surface area (Å²) in [6.45, 7) is 0.751. The van der Waals surface area contributed by atoms with E-state index in [0.29, 0.717) is 29.4 Å². The number of methoxy groups -OCH3 is 4. The highest BCUT2D eigenvalue weighted by atomic mass is 16.5. The fraction of sp³-hybridized carbons (Fsp3) is 0.647. The van der Waals surface area contributed by atoms with Crippen LogP contribution in [0.25, 0.3) is 0 Å². The maximum Gasteiger partial charge on any atom is 0.203 e. The average Bonchev–Trinajstić information content (AvgIpc) is 2.58. The van der Waals surface area contributed by atoms with Crippen LogP contribution in [-0.2, 0) is 11.3 Å². The molecule has 0 amide bonds. The molecule has 22 heavy (non-hydrogen) atoms. The van der Waals surface area contributed by atoms with Crippen LogP contribution >= 0.6 is 0 Å². The van der Waals surface area contributed by atoms with Gasteiger partial charge in [-0.15, -0.1) is 0 Å². The lowest BCUT2D eigenvalue weighted by Crippen LogP contribution is -2.42. The van der Waals surface area contributed by atoms with E-state index in [9.17, 15) is 0 Å². The minimum Gasteiger partial charge on any atom is -0.493 e. The van der Waals surface area contributed by atoms with Crippen LogP contribution in [0.4, 0.5) is 0 Å².